The van der Waals surface area contributed by atoms with E-state index in [-0.39, 0.29) is 23.8 Å². The summed E-state index contributed by atoms with van der Waals surface area (Å²) >= 11 is 0. The second-order valence-corrected chi connectivity index (χ2v) is 7.01. The van der Waals surface area contributed by atoms with Crippen LogP contribution in [0.4, 0.5) is 13.2 Å². The summed E-state index contributed by atoms with van der Waals surface area (Å²) in [6.45, 7) is 0.707. The Morgan fingerprint density at radius 2 is 1.81 bits per heavy atom. The van der Waals surface area contributed by atoms with Crippen LogP contribution in [0.5, 0.6) is 0 Å². The van der Waals surface area contributed by atoms with Crippen LogP contribution in [0.15, 0.2) is 24.3 Å². The van der Waals surface area contributed by atoms with E-state index in [1.165, 1.54) is 17.0 Å². The molecule has 1 heterocycles. The van der Waals surface area contributed by atoms with Gasteiger partial charge in [0.2, 0.25) is 5.91 Å². The molecule has 1 aromatic rings. The minimum atomic E-state index is -4.43. The zero-order valence-corrected chi connectivity index (χ0v) is 14.1. The number of benzene rings is 1. The molecule has 2 aliphatic rings. The van der Waals surface area contributed by atoms with Crippen molar-refractivity contribution in [2.45, 2.75) is 32.0 Å². The van der Waals surface area contributed by atoms with E-state index in [0.29, 0.717) is 18.8 Å². The van der Waals surface area contributed by atoms with E-state index in [1.54, 1.807) is 0 Å². The van der Waals surface area contributed by atoms with Crippen molar-refractivity contribution in [3.8, 4) is 0 Å². The zero-order valence-electron chi connectivity index (χ0n) is 14.1. The Labute approximate surface area is 148 Å². The molecule has 1 atom stereocenters. The average Bonchev–Trinajstić information content (AvgIpc) is 3.26. The molecule has 8 heteroatoms. The lowest BCUT2D eigenvalue weighted by Crippen LogP contribution is -2.38. The summed E-state index contributed by atoms with van der Waals surface area (Å²) in [5.41, 5.74) is -0.401. The fourth-order valence-corrected chi connectivity index (χ4v) is 3.64. The van der Waals surface area contributed by atoms with Crippen LogP contribution in [0.25, 0.3) is 0 Å². The van der Waals surface area contributed by atoms with Gasteiger partial charge in [-0.15, -0.1) is 0 Å². The van der Waals surface area contributed by atoms with Crippen LogP contribution in [0, 0.1) is 11.3 Å². The van der Waals surface area contributed by atoms with E-state index in [9.17, 15) is 22.8 Å². The highest BCUT2D eigenvalue weighted by Crippen LogP contribution is 2.59. The van der Waals surface area contributed by atoms with Crippen molar-refractivity contribution < 1.29 is 32.6 Å². The van der Waals surface area contributed by atoms with Crippen molar-refractivity contribution in [3.63, 3.8) is 0 Å². The predicted octanol–water partition coefficient (Wildman–Crippen LogP) is 2.94. The molecule has 0 aromatic heterocycles. The number of alkyl halides is 3. The predicted molar refractivity (Wildman–Crippen MR) is 85.1 cm³/mol. The van der Waals surface area contributed by atoms with E-state index < -0.39 is 24.3 Å². The quantitative estimate of drug-likeness (QED) is 0.864. The summed E-state index contributed by atoms with van der Waals surface area (Å²) in [4.78, 5) is 25.1. The van der Waals surface area contributed by atoms with E-state index in [2.05, 4.69) is 0 Å². The van der Waals surface area contributed by atoms with Crippen LogP contribution in [-0.2, 0) is 27.0 Å². The van der Waals surface area contributed by atoms with Crippen molar-refractivity contribution in [1.29, 1.82) is 0 Å². The molecule has 5 nitrogen and oxygen atoms in total. The molecule has 1 aliphatic carbocycles. The van der Waals surface area contributed by atoms with Gasteiger partial charge in [0.1, 0.15) is 6.54 Å². The summed E-state index contributed by atoms with van der Waals surface area (Å²) in [6.07, 6.45) is -2.15. The number of amides is 1. The first-order valence-electron chi connectivity index (χ1n) is 8.46. The van der Waals surface area contributed by atoms with E-state index in [4.69, 9.17) is 9.84 Å². The van der Waals surface area contributed by atoms with Gasteiger partial charge in [-0.25, -0.2) is 0 Å². The number of carboxylic acid groups (broad SMARTS) is 1. The molecule has 1 aromatic carbocycles. The number of carbonyl (C=O) groups is 2. The number of carboxylic acids is 1. The lowest BCUT2D eigenvalue weighted by molar-refractivity contribution is -0.146. The van der Waals surface area contributed by atoms with Crippen LogP contribution >= 0.6 is 0 Å². The summed E-state index contributed by atoms with van der Waals surface area (Å²) < 4.78 is 43.3. The standard InChI is InChI=1S/C18H20F3NO4/c19-18(20,21)13-3-1-12(2-4-13)10-22(11-15(23)24)16(25)14-9-17(14)5-7-26-8-6-17/h1-4,14H,5-11H2,(H,23,24)/t14-/m1/s1. The SMILES string of the molecule is O=C(O)CN(Cc1ccc(C(F)(F)F)cc1)C(=O)[C@H]1CC12CCOCC2. The number of halogens is 3. The van der Waals surface area contributed by atoms with Crippen LogP contribution in [0.2, 0.25) is 0 Å². The maximum Gasteiger partial charge on any atom is 0.416 e. The van der Waals surface area contributed by atoms with Crippen molar-refractivity contribution in [1.82, 2.24) is 4.90 Å². The Morgan fingerprint density at radius 3 is 2.35 bits per heavy atom. The maximum atomic E-state index is 12.8. The van der Waals surface area contributed by atoms with Crippen molar-refractivity contribution >= 4 is 11.9 Å². The molecular formula is C18H20F3NO4. The third-order valence-corrected chi connectivity index (χ3v) is 5.27. The van der Waals surface area contributed by atoms with Gasteiger partial charge in [-0.2, -0.15) is 13.2 Å². The third kappa shape index (κ3) is 4.00. The van der Waals surface area contributed by atoms with Crippen molar-refractivity contribution in [3.05, 3.63) is 35.4 Å². The van der Waals surface area contributed by atoms with Gasteiger partial charge in [0, 0.05) is 25.7 Å². The zero-order chi connectivity index (χ0) is 18.9. The Balaban J connectivity index is 1.70. The number of hydrogen-bond acceptors (Lipinski definition) is 3. The summed E-state index contributed by atoms with van der Waals surface area (Å²) in [6, 6.07) is 4.44. The molecule has 26 heavy (non-hydrogen) atoms. The number of nitrogens with zero attached hydrogens (tertiary/aromatic N) is 1. The Morgan fingerprint density at radius 1 is 1.19 bits per heavy atom. The monoisotopic (exact) mass is 371 g/mol. The topological polar surface area (TPSA) is 66.8 Å². The summed E-state index contributed by atoms with van der Waals surface area (Å²) in [5, 5.41) is 9.10. The maximum absolute atomic E-state index is 12.8. The molecule has 0 radical (unpaired) electrons. The van der Waals surface area contributed by atoms with E-state index in [1.807, 2.05) is 0 Å². The molecular weight excluding hydrogens is 351 g/mol. The smallest absolute Gasteiger partial charge is 0.416 e. The van der Waals surface area contributed by atoms with Gasteiger partial charge in [0.25, 0.3) is 0 Å². The molecule has 0 bridgehead atoms. The highest BCUT2D eigenvalue weighted by atomic mass is 19.4. The number of hydrogen-bond donors (Lipinski definition) is 1. The summed E-state index contributed by atoms with van der Waals surface area (Å²) in [7, 11) is 0. The van der Waals surface area contributed by atoms with Gasteiger partial charge in [0.15, 0.2) is 0 Å². The Hall–Kier alpha value is -2.09. The van der Waals surface area contributed by atoms with Crippen molar-refractivity contribution in [2.24, 2.45) is 11.3 Å². The van der Waals surface area contributed by atoms with E-state index in [0.717, 1.165) is 31.4 Å². The lowest BCUT2D eigenvalue weighted by Gasteiger charge is -2.26. The van der Waals surface area contributed by atoms with Crippen molar-refractivity contribution in [2.75, 3.05) is 19.8 Å². The molecule has 1 spiro atoms. The van der Waals surface area contributed by atoms with Gasteiger partial charge in [-0.1, -0.05) is 12.1 Å². The average molecular weight is 371 g/mol. The first-order chi connectivity index (χ1) is 12.2. The minimum absolute atomic E-state index is 0.0215. The fourth-order valence-electron chi connectivity index (χ4n) is 3.64. The number of carbonyl (C=O) groups excluding carboxylic acids is 1. The normalized spacial score (nSPS) is 21.4. The molecule has 2 fully saturated rings. The Bertz CT molecular complexity index is 681. The van der Waals surface area contributed by atoms with Gasteiger partial charge in [0.05, 0.1) is 5.56 Å². The van der Waals surface area contributed by atoms with Gasteiger partial charge < -0.3 is 14.7 Å². The molecule has 3 rings (SSSR count). The first kappa shape index (κ1) is 18.7. The van der Waals surface area contributed by atoms with Gasteiger partial charge in [-0.3, -0.25) is 9.59 Å². The molecule has 1 saturated heterocycles. The molecule has 1 aliphatic heterocycles. The highest BCUT2D eigenvalue weighted by Gasteiger charge is 2.59. The number of ether oxygens (including phenoxy) is 1. The van der Waals surface area contributed by atoms with E-state index >= 15 is 0 Å². The molecule has 1 amide bonds. The third-order valence-electron chi connectivity index (χ3n) is 5.27. The second kappa shape index (κ2) is 6.90. The molecule has 0 unspecified atom stereocenters. The second-order valence-electron chi connectivity index (χ2n) is 7.01. The number of rotatable bonds is 5. The van der Waals surface area contributed by atoms with Gasteiger partial charge >= 0.3 is 12.1 Å². The largest absolute Gasteiger partial charge is 0.480 e. The Kier molecular flexibility index (Phi) is 4.96. The van der Waals surface area contributed by atoms with Crippen LogP contribution in [-0.4, -0.2) is 41.6 Å². The van der Waals surface area contributed by atoms with Crippen LogP contribution in [0.3, 0.4) is 0 Å². The minimum Gasteiger partial charge on any atom is -0.480 e. The van der Waals surface area contributed by atoms with Gasteiger partial charge in [-0.05, 0) is 42.4 Å². The highest BCUT2D eigenvalue weighted by molar-refractivity contribution is 5.86. The number of aliphatic carboxylic acids is 1. The fraction of sp³-hybridized carbons (Fsp3) is 0.556. The first-order valence-corrected chi connectivity index (χ1v) is 8.46. The lowest BCUT2D eigenvalue weighted by atomic mass is 9.93. The summed E-state index contributed by atoms with van der Waals surface area (Å²) in [5.74, 6) is -1.61. The van der Waals surface area contributed by atoms with Crippen LogP contribution in [0.1, 0.15) is 30.4 Å². The van der Waals surface area contributed by atoms with Crippen LogP contribution < -0.4 is 0 Å². The molecule has 1 N–H and O–H groups in total. The molecule has 142 valence electrons. The molecule has 1 saturated carbocycles.